The van der Waals surface area contributed by atoms with Gasteiger partial charge in [-0.15, -0.1) is 5.10 Å². The van der Waals surface area contributed by atoms with Crippen LogP contribution >= 0.6 is 0 Å². The predicted molar refractivity (Wildman–Crippen MR) is 58.9 cm³/mol. The summed E-state index contributed by atoms with van der Waals surface area (Å²) >= 11 is 0. The van der Waals surface area contributed by atoms with Gasteiger partial charge in [-0.1, -0.05) is 0 Å². The van der Waals surface area contributed by atoms with E-state index in [0.717, 1.165) is 5.56 Å². The second-order valence-corrected chi connectivity index (χ2v) is 3.29. The van der Waals surface area contributed by atoms with E-state index in [-0.39, 0.29) is 23.6 Å². The summed E-state index contributed by atoms with van der Waals surface area (Å²) < 4.78 is 10.1. The van der Waals surface area contributed by atoms with E-state index in [2.05, 4.69) is 20.5 Å². The summed E-state index contributed by atoms with van der Waals surface area (Å²) in [5, 5.41) is 8.82. The highest BCUT2D eigenvalue weighted by molar-refractivity contribution is 6.02. The van der Waals surface area contributed by atoms with Gasteiger partial charge in [-0.25, -0.2) is 5.10 Å². The van der Waals surface area contributed by atoms with Gasteiger partial charge in [0.1, 0.15) is 0 Å². The van der Waals surface area contributed by atoms with Gasteiger partial charge in [0.25, 0.3) is 5.91 Å². The SMILES string of the molecule is CCOc1n[nH]c(NC(=O)c2occc2C)n1. The van der Waals surface area contributed by atoms with Crippen molar-refractivity contribution in [3.63, 3.8) is 0 Å². The van der Waals surface area contributed by atoms with Crippen LogP contribution in [0.3, 0.4) is 0 Å². The zero-order chi connectivity index (χ0) is 12.3. The summed E-state index contributed by atoms with van der Waals surface area (Å²) in [7, 11) is 0. The van der Waals surface area contributed by atoms with Gasteiger partial charge in [-0.3, -0.25) is 10.1 Å². The molecular formula is C10H12N4O3. The van der Waals surface area contributed by atoms with Crippen molar-refractivity contribution in [2.24, 2.45) is 0 Å². The van der Waals surface area contributed by atoms with Gasteiger partial charge in [0, 0.05) is 5.56 Å². The molecule has 7 nitrogen and oxygen atoms in total. The number of nitrogens with zero attached hydrogens (tertiary/aromatic N) is 2. The Morgan fingerprint density at radius 3 is 3.12 bits per heavy atom. The Labute approximate surface area is 97.2 Å². The standard InChI is InChI=1S/C10H12N4O3/c1-3-16-10-12-9(13-14-10)11-8(15)7-6(2)4-5-17-7/h4-5H,3H2,1-2H3,(H2,11,12,13,14,15). The third-order valence-electron chi connectivity index (χ3n) is 2.04. The summed E-state index contributed by atoms with van der Waals surface area (Å²) in [4.78, 5) is 15.6. The molecule has 2 aromatic rings. The molecule has 0 unspecified atom stereocenters. The van der Waals surface area contributed by atoms with Crippen LogP contribution in [0, 0.1) is 6.92 Å². The number of ether oxygens (including phenoxy) is 1. The lowest BCUT2D eigenvalue weighted by Gasteiger charge is -1.98. The Morgan fingerprint density at radius 1 is 1.65 bits per heavy atom. The van der Waals surface area contributed by atoms with E-state index < -0.39 is 0 Å². The molecule has 2 heterocycles. The smallest absolute Gasteiger partial charge is 0.337 e. The first kappa shape index (κ1) is 11.2. The minimum atomic E-state index is -0.383. The van der Waals surface area contributed by atoms with Crippen LogP contribution in [0.4, 0.5) is 5.95 Å². The lowest BCUT2D eigenvalue weighted by Crippen LogP contribution is -2.13. The molecule has 2 aromatic heterocycles. The number of H-pyrrole nitrogens is 1. The van der Waals surface area contributed by atoms with Gasteiger partial charge >= 0.3 is 6.01 Å². The molecule has 90 valence electrons. The highest BCUT2D eigenvalue weighted by Crippen LogP contribution is 2.11. The van der Waals surface area contributed by atoms with E-state index in [1.54, 1.807) is 13.0 Å². The van der Waals surface area contributed by atoms with Crippen molar-refractivity contribution in [2.75, 3.05) is 11.9 Å². The first-order valence-corrected chi connectivity index (χ1v) is 5.11. The van der Waals surface area contributed by atoms with Crippen LogP contribution in [0.15, 0.2) is 16.7 Å². The third kappa shape index (κ3) is 2.44. The fraction of sp³-hybridized carbons (Fsp3) is 0.300. The average molecular weight is 236 g/mol. The molecule has 0 radical (unpaired) electrons. The predicted octanol–water partition coefficient (Wildman–Crippen LogP) is 1.36. The summed E-state index contributed by atoms with van der Waals surface area (Å²) in [5.41, 5.74) is 0.757. The number of hydrogen-bond donors (Lipinski definition) is 2. The van der Waals surface area contributed by atoms with Crippen LogP contribution in [0.5, 0.6) is 6.01 Å². The number of anilines is 1. The number of aryl methyl sites for hydroxylation is 1. The number of rotatable bonds is 4. The zero-order valence-electron chi connectivity index (χ0n) is 9.48. The molecule has 0 aliphatic rings. The third-order valence-corrected chi connectivity index (χ3v) is 2.04. The quantitative estimate of drug-likeness (QED) is 0.835. The fourth-order valence-corrected chi connectivity index (χ4v) is 1.27. The van der Waals surface area contributed by atoms with E-state index in [1.165, 1.54) is 6.26 Å². The monoisotopic (exact) mass is 236 g/mol. The van der Waals surface area contributed by atoms with Gasteiger partial charge in [-0.2, -0.15) is 4.98 Å². The Balaban J connectivity index is 2.05. The minimum absolute atomic E-state index is 0.193. The second kappa shape index (κ2) is 4.69. The van der Waals surface area contributed by atoms with Crippen LogP contribution < -0.4 is 10.1 Å². The summed E-state index contributed by atoms with van der Waals surface area (Å²) in [6.07, 6.45) is 1.45. The van der Waals surface area contributed by atoms with E-state index in [4.69, 9.17) is 9.15 Å². The topological polar surface area (TPSA) is 93.0 Å². The lowest BCUT2D eigenvalue weighted by atomic mass is 10.3. The van der Waals surface area contributed by atoms with E-state index in [0.29, 0.717) is 6.61 Å². The number of aromatic nitrogens is 3. The van der Waals surface area contributed by atoms with Crippen molar-refractivity contribution in [1.29, 1.82) is 0 Å². The first-order chi connectivity index (χ1) is 8.20. The molecular weight excluding hydrogens is 224 g/mol. The molecule has 1 amide bonds. The molecule has 0 saturated carbocycles. The molecule has 0 aliphatic carbocycles. The molecule has 2 N–H and O–H groups in total. The van der Waals surface area contributed by atoms with Gasteiger partial charge < -0.3 is 9.15 Å². The van der Waals surface area contributed by atoms with Crippen molar-refractivity contribution in [1.82, 2.24) is 15.2 Å². The maximum atomic E-state index is 11.7. The zero-order valence-corrected chi connectivity index (χ0v) is 9.48. The number of carbonyl (C=O) groups is 1. The van der Waals surface area contributed by atoms with Crippen molar-refractivity contribution in [2.45, 2.75) is 13.8 Å². The van der Waals surface area contributed by atoms with Gasteiger partial charge in [-0.05, 0) is 19.9 Å². The van der Waals surface area contributed by atoms with E-state index >= 15 is 0 Å². The second-order valence-electron chi connectivity index (χ2n) is 3.29. The molecule has 0 aromatic carbocycles. The van der Waals surface area contributed by atoms with E-state index in [1.807, 2.05) is 6.92 Å². The molecule has 7 heteroatoms. The Kier molecular flexibility index (Phi) is 3.08. The largest absolute Gasteiger partial charge is 0.463 e. The van der Waals surface area contributed by atoms with Crippen LogP contribution in [0.25, 0.3) is 0 Å². The minimum Gasteiger partial charge on any atom is -0.463 e. The van der Waals surface area contributed by atoms with Crippen molar-refractivity contribution in [3.05, 3.63) is 23.7 Å². The molecule has 0 atom stereocenters. The van der Waals surface area contributed by atoms with Crippen LogP contribution in [0.1, 0.15) is 23.0 Å². The number of carbonyl (C=O) groups excluding carboxylic acids is 1. The molecule has 0 saturated heterocycles. The summed E-state index contributed by atoms with van der Waals surface area (Å²) in [5.74, 6) is 0.0836. The first-order valence-electron chi connectivity index (χ1n) is 5.11. The average Bonchev–Trinajstić information content (AvgIpc) is 2.88. The molecule has 0 aliphatic heterocycles. The normalized spacial score (nSPS) is 10.2. The summed E-state index contributed by atoms with van der Waals surface area (Å²) in [6.45, 7) is 4.06. The maximum absolute atomic E-state index is 11.7. The number of aromatic amines is 1. The van der Waals surface area contributed by atoms with Crippen LogP contribution in [-0.4, -0.2) is 27.7 Å². The molecule has 2 rings (SSSR count). The van der Waals surface area contributed by atoms with Crippen molar-refractivity contribution >= 4 is 11.9 Å². The van der Waals surface area contributed by atoms with Crippen LogP contribution in [0.2, 0.25) is 0 Å². The van der Waals surface area contributed by atoms with E-state index in [9.17, 15) is 4.79 Å². The van der Waals surface area contributed by atoms with Crippen LogP contribution in [-0.2, 0) is 0 Å². The van der Waals surface area contributed by atoms with Gasteiger partial charge in [0.05, 0.1) is 12.9 Å². The Bertz CT molecular complexity index is 517. The molecule has 17 heavy (non-hydrogen) atoms. The molecule has 0 bridgehead atoms. The van der Waals surface area contributed by atoms with Crippen molar-refractivity contribution in [3.8, 4) is 6.01 Å². The summed E-state index contributed by atoms with van der Waals surface area (Å²) in [6, 6.07) is 1.90. The van der Waals surface area contributed by atoms with Gasteiger partial charge in [0.15, 0.2) is 5.76 Å². The Morgan fingerprint density at radius 2 is 2.47 bits per heavy atom. The fourth-order valence-electron chi connectivity index (χ4n) is 1.27. The van der Waals surface area contributed by atoms with Crippen molar-refractivity contribution < 1.29 is 13.9 Å². The van der Waals surface area contributed by atoms with Gasteiger partial charge in [0.2, 0.25) is 5.95 Å². The molecule has 0 spiro atoms. The highest BCUT2D eigenvalue weighted by Gasteiger charge is 2.14. The number of furan rings is 1. The Hall–Kier alpha value is -2.31. The maximum Gasteiger partial charge on any atom is 0.337 e. The highest BCUT2D eigenvalue weighted by atomic mass is 16.5. The number of amides is 1. The molecule has 0 fully saturated rings. The lowest BCUT2D eigenvalue weighted by molar-refractivity contribution is 0.0995. The number of nitrogens with one attached hydrogen (secondary N) is 2. The number of hydrogen-bond acceptors (Lipinski definition) is 5.